The first kappa shape index (κ1) is 27.2. The van der Waals surface area contributed by atoms with Crippen molar-refractivity contribution >= 4 is 35.8 Å². The fraction of sp³-hybridized carbons (Fsp3) is 0.0645. The van der Waals surface area contributed by atoms with E-state index in [1.54, 1.807) is 60.7 Å². The molecule has 4 rings (SSSR count). The maximum atomic E-state index is 12.8. The van der Waals surface area contributed by atoms with Crippen LogP contribution in [0.3, 0.4) is 0 Å². The van der Waals surface area contributed by atoms with E-state index in [-0.39, 0.29) is 12.4 Å². The molecule has 196 valence electrons. The minimum Gasteiger partial charge on any atom is -0.493 e. The summed E-state index contributed by atoms with van der Waals surface area (Å²) in [7, 11) is 1.47. The zero-order valence-corrected chi connectivity index (χ0v) is 21.8. The lowest BCUT2D eigenvalue weighted by Crippen LogP contribution is -2.18. The van der Waals surface area contributed by atoms with Gasteiger partial charge in [0, 0.05) is 11.1 Å². The maximum Gasteiger partial charge on any atom is 0.336 e. The van der Waals surface area contributed by atoms with E-state index in [9.17, 15) is 9.59 Å². The molecule has 7 nitrogen and oxygen atoms in total. The number of para-hydroxylation sites is 1. The maximum absolute atomic E-state index is 12.8. The fourth-order valence-corrected chi connectivity index (χ4v) is 3.59. The van der Waals surface area contributed by atoms with E-state index in [0.717, 1.165) is 11.1 Å². The summed E-state index contributed by atoms with van der Waals surface area (Å²) in [5.41, 5.74) is 5.27. The molecule has 0 spiro atoms. The topological polar surface area (TPSA) is 86.2 Å². The van der Waals surface area contributed by atoms with Gasteiger partial charge in [-0.1, -0.05) is 66.2 Å². The van der Waals surface area contributed by atoms with Gasteiger partial charge in [0.05, 0.1) is 18.9 Å². The number of carbonyl (C=O) groups is 2. The number of hydrogen-bond donors (Lipinski definition) is 1. The molecule has 0 saturated carbocycles. The largest absolute Gasteiger partial charge is 0.493 e. The van der Waals surface area contributed by atoms with Gasteiger partial charge in [-0.05, 0) is 65.2 Å². The van der Waals surface area contributed by atoms with Gasteiger partial charge in [-0.2, -0.15) is 5.10 Å². The van der Waals surface area contributed by atoms with Gasteiger partial charge in [-0.25, -0.2) is 10.2 Å². The van der Waals surface area contributed by atoms with Crippen LogP contribution in [0.5, 0.6) is 17.2 Å². The van der Waals surface area contributed by atoms with Crippen molar-refractivity contribution < 1.29 is 23.8 Å². The van der Waals surface area contributed by atoms with Crippen molar-refractivity contribution in [1.82, 2.24) is 5.43 Å². The average Bonchev–Trinajstić information content (AvgIpc) is 2.97. The van der Waals surface area contributed by atoms with Crippen molar-refractivity contribution in [1.29, 1.82) is 0 Å². The first-order valence-corrected chi connectivity index (χ1v) is 12.3. The van der Waals surface area contributed by atoms with Crippen molar-refractivity contribution in [2.45, 2.75) is 6.61 Å². The third-order valence-electron chi connectivity index (χ3n) is 5.43. The molecule has 0 bridgehead atoms. The van der Waals surface area contributed by atoms with Crippen LogP contribution >= 0.6 is 11.6 Å². The highest BCUT2D eigenvalue weighted by atomic mass is 35.5. The van der Waals surface area contributed by atoms with Gasteiger partial charge < -0.3 is 14.2 Å². The van der Waals surface area contributed by atoms with E-state index in [2.05, 4.69) is 10.5 Å². The van der Waals surface area contributed by atoms with E-state index >= 15 is 0 Å². The molecule has 0 aliphatic carbocycles. The first-order chi connectivity index (χ1) is 19.0. The summed E-state index contributed by atoms with van der Waals surface area (Å²) in [6, 6.07) is 28.5. The Labute approximate surface area is 231 Å². The number of carbonyl (C=O) groups excluding carboxylic acids is 2. The van der Waals surface area contributed by atoms with Crippen LogP contribution < -0.4 is 19.6 Å². The second kappa shape index (κ2) is 13.6. The van der Waals surface area contributed by atoms with Crippen molar-refractivity contribution in [2.75, 3.05) is 7.11 Å². The molecular formula is C31H25ClN2O5. The molecule has 8 heteroatoms. The zero-order chi connectivity index (χ0) is 27.5. The van der Waals surface area contributed by atoms with Crippen LogP contribution in [0.15, 0.2) is 108 Å². The van der Waals surface area contributed by atoms with Gasteiger partial charge in [0.25, 0.3) is 5.91 Å². The van der Waals surface area contributed by atoms with Gasteiger partial charge in [0.2, 0.25) is 0 Å². The summed E-state index contributed by atoms with van der Waals surface area (Å²) < 4.78 is 16.6. The molecule has 0 atom stereocenters. The fourth-order valence-electron chi connectivity index (χ4n) is 3.47. The minimum atomic E-state index is -0.539. The van der Waals surface area contributed by atoms with Crippen molar-refractivity contribution in [3.63, 3.8) is 0 Å². The van der Waals surface area contributed by atoms with Gasteiger partial charge in [-0.15, -0.1) is 0 Å². The lowest BCUT2D eigenvalue weighted by molar-refractivity contribution is -0.129. The number of benzene rings is 4. The Kier molecular flexibility index (Phi) is 9.47. The standard InChI is InChI=1S/C31H25ClN2O5/c1-37-29-19-24(13-17-28(29)39-30(35)18-14-22-7-3-2-4-8-22)20-33-34-31(36)26-9-5-6-10-27(26)38-21-23-11-15-25(32)16-12-23/h2-20H,21H2,1H3,(H,34,36)/b18-14+,33-20-. The van der Waals surface area contributed by atoms with Crippen LogP contribution in [0.1, 0.15) is 27.0 Å². The SMILES string of the molecule is COc1cc(/C=N\NC(=O)c2ccccc2OCc2ccc(Cl)cc2)ccc1OC(=O)/C=C/c1ccccc1. The van der Waals surface area contributed by atoms with Crippen molar-refractivity contribution in [3.8, 4) is 17.2 Å². The van der Waals surface area contributed by atoms with Crippen LogP contribution in [0.2, 0.25) is 5.02 Å². The number of amides is 1. The Morgan fingerprint density at radius 1 is 0.846 bits per heavy atom. The monoisotopic (exact) mass is 540 g/mol. The average molecular weight is 541 g/mol. The number of nitrogens with one attached hydrogen (secondary N) is 1. The van der Waals surface area contributed by atoms with E-state index in [1.807, 2.05) is 42.5 Å². The minimum absolute atomic E-state index is 0.258. The molecule has 0 aliphatic heterocycles. The van der Waals surface area contributed by atoms with Crippen LogP contribution in [-0.4, -0.2) is 25.2 Å². The van der Waals surface area contributed by atoms with Crippen LogP contribution in [-0.2, 0) is 11.4 Å². The number of ether oxygens (including phenoxy) is 3. The van der Waals surface area contributed by atoms with Gasteiger partial charge in [0.15, 0.2) is 11.5 Å². The second-order valence-corrected chi connectivity index (χ2v) is 8.62. The normalized spacial score (nSPS) is 10.9. The van der Waals surface area contributed by atoms with Crippen molar-refractivity contribution in [2.24, 2.45) is 5.10 Å². The highest BCUT2D eigenvalue weighted by Gasteiger charge is 2.12. The molecular weight excluding hydrogens is 516 g/mol. The van der Waals surface area contributed by atoms with E-state index in [4.69, 9.17) is 25.8 Å². The lowest BCUT2D eigenvalue weighted by atomic mass is 10.2. The van der Waals surface area contributed by atoms with Crippen LogP contribution in [0.4, 0.5) is 0 Å². The molecule has 0 aromatic heterocycles. The third kappa shape index (κ3) is 8.05. The van der Waals surface area contributed by atoms with Crippen LogP contribution in [0.25, 0.3) is 6.08 Å². The molecule has 4 aromatic carbocycles. The van der Waals surface area contributed by atoms with Crippen LogP contribution in [0, 0.1) is 0 Å². The summed E-state index contributed by atoms with van der Waals surface area (Å²) in [5, 5.41) is 4.69. The Bertz CT molecular complexity index is 1480. The molecule has 0 aliphatic rings. The molecule has 1 amide bonds. The zero-order valence-electron chi connectivity index (χ0n) is 21.0. The molecule has 0 saturated heterocycles. The molecule has 0 fully saturated rings. The second-order valence-electron chi connectivity index (χ2n) is 8.19. The predicted octanol–water partition coefficient (Wildman–Crippen LogP) is 6.31. The number of methoxy groups -OCH3 is 1. The lowest BCUT2D eigenvalue weighted by Gasteiger charge is -2.11. The van der Waals surface area contributed by atoms with E-state index in [1.165, 1.54) is 19.4 Å². The Balaban J connectivity index is 1.36. The quantitative estimate of drug-likeness (QED) is 0.0837. The van der Waals surface area contributed by atoms with Gasteiger partial charge in [-0.3, -0.25) is 4.79 Å². The molecule has 1 N–H and O–H groups in total. The molecule has 0 heterocycles. The number of hydrogen-bond acceptors (Lipinski definition) is 6. The Morgan fingerprint density at radius 2 is 1.59 bits per heavy atom. The highest BCUT2D eigenvalue weighted by molar-refractivity contribution is 6.30. The number of nitrogens with zero attached hydrogens (tertiary/aromatic N) is 1. The summed E-state index contributed by atoms with van der Waals surface area (Å²) in [6.07, 6.45) is 4.47. The smallest absolute Gasteiger partial charge is 0.336 e. The summed E-state index contributed by atoms with van der Waals surface area (Å²) in [5.74, 6) is 0.0543. The molecule has 0 radical (unpaired) electrons. The van der Waals surface area contributed by atoms with Crippen molar-refractivity contribution in [3.05, 3.63) is 130 Å². The number of esters is 1. The number of rotatable bonds is 10. The van der Waals surface area contributed by atoms with Gasteiger partial charge in [0.1, 0.15) is 12.4 Å². The number of halogens is 1. The summed E-state index contributed by atoms with van der Waals surface area (Å²) in [4.78, 5) is 25.0. The first-order valence-electron chi connectivity index (χ1n) is 11.9. The predicted molar refractivity (Wildman–Crippen MR) is 151 cm³/mol. The van der Waals surface area contributed by atoms with Gasteiger partial charge >= 0.3 is 5.97 Å². The highest BCUT2D eigenvalue weighted by Crippen LogP contribution is 2.28. The Morgan fingerprint density at radius 3 is 2.36 bits per heavy atom. The van der Waals surface area contributed by atoms with E-state index < -0.39 is 11.9 Å². The molecule has 0 unspecified atom stereocenters. The summed E-state index contributed by atoms with van der Waals surface area (Å²) in [6.45, 7) is 0.281. The third-order valence-corrected chi connectivity index (χ3v) is 5.68. The number of hydrazone groups is 1. The molecule has 4 aromatic rings. The van der Waals surface area contributed by atoms with E-state index in [0.29, 0.717) is 27.6 Å². The Hall–Kier alpha value is -4.88. The molecule has 39 heavy (non-hydrogen) atoms. The summed E-state index contributed by atoms with van der Waals surface area (Å²) >= 11 is 5.93.